The number of carbonyl (C=O) groups excluding carboxylic acids is 1. The molecule has 104 valence electrons. The lowest BCUT2D eigenvalue weighted by molar-refractivity contribution is -0.0148. The third-order valence-corrected chi connectivity index (χ3v) is 3.30. The van der Waals surface area contributed by atoms with E-state index in [0.29, 0.717) is 26.2 Å². The van der Waals surface area contributed by atoms with Crippen LogP contribution in [0.2, 0.25) is 0 Å². The van der Waals surface area contributed by atoms with Gasteiger partial charge in [-0.1, -0.05) is 0 Å². The lowest BCUT2D eigenvalue weighted by Gasteiger charge is -2.25. The number of hydrogen-bond donors (Lipinski definition) is 3. The molecule has 1 aromatic carbocycles. The topological polar surface area (TPSA) is 88.0 Å². The summed E-state index contributed by atoms with van der Waals surface area (Å²) in [7, 11) is 1.58. The Kier molecular flexibility index (Phi) is 3.92. The zero-order valence-corrected chi connectivity index (χ0v) is 10.7. The van der Waals surface area contributed by atoms with Gasteiger partial charge in [-0.2, -0.15) is 0 Å². The average molecular weight is 267 g/mol. The molecular weight excluding hydrogens is 250 g/mol. The van der Waals surface area contributed by atoms with Gasteiger partial charge in [0, 0.05) is 32.7 Å². The fourth-order valence-electron chi connectivity index (χ4n) is 2.01. The summed E-state index contributed by atoms with van der Waals surface area (Å²) in [4.78, 5) is 11.9. The van der Waals surface area contributed by atoms with Crippen molar-refractivity contribution in [3.8, 4) is 11.5 Å². The number of ether oxygens (including phenoxy) is 2. The first kappa shape index (κ1) is 13.6. The van der Waals surface area contributed by atoms with E-state index in [9.17, 15) is 15.0 Å². The molecule has 0 radical (unpaired) electrons. The van der Waals surface area contributed by atoms with E-state index in [0.717, 1.165) is 6.07 Å². The highest BCUT2D eigenvalue weighted by atomic mass is 16.5. The predicted molar refractivity (Wildman–Crippen MR) is 67.3 cm³/mol. The molecule has 1 amide bonds. The summed E-state index contributed by atoms with van der Waals surface area (Å²) >= 11 is 0. The van der Waals surface area contributed by atoms with Gasteiger partial charge in [0.2, 0.25) is 0 Å². The number of carbonyl (C=O) groups is 1. The number of phenolic OH excluding ortho intramolecular Hbond substituents is 2. The van der Waals surface area contributed by atoms with Crippen molar-refractivity contribution in [2.75, 3.05) is 26.9 Å². The summed E-state index contributed by atoms with van der Waals surface area (Å²) in [5.41, 5.74) is -0.384. The highest BCUT2D eigenvalue weighted by Crippen LogP contribution is 2.24. The molecule has 1 unspecified atom stereocenters. The Balaban J connectivity index is 2.01. The van der Waals surface area contributed by atoms with Gasteiger partial charge in [0.25, 0.3) is 5.91 Å². The monoisotopic (exact) mass is 267 g/mol. The summed E-state index contributed by atoms with van der Waals surface area (Å²) in [5, 5.41) is 21.5. The van der Waals surface area contributed by atoms with E-state index in [2.05, 4.69) is 5.32 Å². The summed E-state index contributed by atoms with van der Waals surface area (Å²) in [6.45, 7) is 1.35. The van der Waals surface area contributed by atoms with E-state index >= 15 is 0 Å². The van der Waals surface area contributed by atoms with Crippen LogP contribution in [0.4, 0.5) is 0 Å². The molecule has 1 heterocycles. The van der Waals surface area contributed by atoms with Crippen LogP contribution in [0, 0.1) is 0 Å². The second kappa shape index (κ2) is 5.46. The number of methoxy groups -OCH3 is 1. The number of rotatable bonds is 4. The maximum Gasteiger partial charge on any atom is 0.255 e. The van der Waals surface area contributed by atoms with Crippen LogP contribution in [-0.2, 0) is 9.47 Å². The molecule has 1 saturated heterocycles. The van der Waals surface area contributed by atoms with Crippen LogP contribution in [0.15, 0.2) is 18.2 Å². The van der Waals surface area contributed by atoms with Crippen LogP contribution in [0.5, 0.6) is 11.5 Å². The Bertz CT molecular complexity index is 468. The maximum absolute atomic E-state index is 11.9. The van der Waals surface area contributed by atoms with Crippen LogP contribution in [0.3, 0.4) is 0 Å². The van der Waals surface area contributed by atoms with E-state index in [1.165, 1.54) is 12.1 Å². The SMILES string of the molecule is COC1(CNC(=O)c2ccc(O)cc2O)CCOC1. The third-order valence-electron chi connectivity index (χ3n) is 3.30. The first-order chi connectivity index (χ1) is 9.06. The van der Waals surface area contributed by atoms with Crippen LogP contribution < -0.4 is 5.32 Å². The number of phenols is 2. The summed E-state index contributed by atoms with van der Waals surface area (Å²) in [5.74, 6) is -0.765. The minimum atomic E-state index is -0.498. The Morgan fingerprint density at radius 1 is 1.53 bits per heavy atom. The standard InChI is InChI=1S/C13H17NO5/c1-18-13(4-5-19-8-13)7-14-12(17)10-3-2-9(15)6-11(10)16/h2-3,6,15-16H,4-5,7-8H2,1H3,(H,14,17). The maximum atomic E-state index is 11.9. The highest BCUT2D eigenvalue weighted by Gasteiger charge is 2.35. The molecule has 6 nitrogen and oxygen atoms in total. The molecule has 1 aliphatic heterocycles. The average Bonchev–Trinajstić information content (AvgIpc) is 2.85. The predicted octanol–water partition coefficient (Wildman–Crippen LogP) is 0.633. The van der Waals surface area contributed by atoms with Crippen molar-refractivity contribution in [2.45, 2.75) is 12.0 Å². The lowest BCUT2D eigenvalue weighted by Crippen LogP contribution is -2.45. The van der Waals surface area contributed by atoms with Gasteiger partial charge in [-0.05, 0) is 12.1 Å². The molecule has 0 aromatic heterocycles. The Hall–Kier alpha value is -1.79. The minimum Gasteiger partial charge on any atom is -0.508 e. The fraction of sp³-hybridized carbons (Fsp3) is 0.462. The number of aromatic hydroxyl groups is 2. The van der Waals surface area contributed by atoms with E-state index in [-0.39, 0.29) is 17.1 Å². The lowest BCUT2D eigenvalue weighted by atomic mass is 10.0. The van der Waals surface area contributed by atoms with Crippen LogP contribution in [0.25, 0.3) is 0 Å². The van der Waals surface area contributed by atoms with Crippen LogP contribution in [-0.4, -0.2) is 48.6 Å². The Morgan fingerprint density at radius 3 is 2.89 bits per heavy atom. The molecule has 0 aliphatic carbocycles. The third kappa shape index (κ3) is 2.97. The molecular formula is C13H17NO5. The second-order valence-electron chi connectivity index (χ2n) is 4.57. The zero-order chi connectivity index (χ0) is 13.9. The zero-order valence-electron chi connectivity index (χ0n) is 10.7. The van der Waals surface area contributed by atoms with Crippen molar-refractivity contribution in [1.82, 2.24) is 5.32 Å². The molecule has 0 spiro atoms. The van der Waals surface area contributed by atoms with Gasteiger partial charge in [-0.15, -0.1) is 0 Å². The van der Waals surface area contributed by atoms with E-state index < -0.39 is 11.5 Å². The van der Waals surface area contributed by atoms with Gasteiger partial charge in [0.05, 0.1) is 12.2 Å². The van der Waals surface area contributed by atoms with Crippen molar-refractivity contribution in [3.05, 3.63) is 23.8 Å². The molecule has 3 N–H and O–H groups in total. The molecule has 1 aromatic rings. The molecule has 1 atom stereocenters. The van der Waals surface area contributed by atoms with Crippen molar-refractivity contribution in [2.24, 2.45) is 0 Å². The normalized spacial score (nSPS) is 22.4. The second-order valence-corrected chi connectivity index (χ2v) is 4.57. The first-order valence-corrected chi connectivity index (χ1v) is 5.99. The fourth-order valence-corrected chi connectivity index (χ4v) is 2.01. The number of nitrogens with one attached hydrogen (secondary N) is 1. The molecule has 19 heavy (non-hydrogen) atoms. The minimum absolute atomic E-state index is 0.0911. The largest absolute Gasteiger partial charge is 0.508 e. The van der Waals surface area contributed by atoms with E-state index in [4.69, 9.17) is 9.47 Å². The van der Waals surface area contributed by atoms with Gasteiger partial charge in [0.15, 0.2) is 0 Å². The summed E-state index contributed by atoms with van der Waals surface area (Å²) in [6, 6.07) is 3.84. The number of benzene rings is 1. The molecule has 1 aliphatic rings. The van der Waals surface area contributed by atoms with Crippen molar-refractivity contribution in [3.63, 3.8) is 0 Å². The highest BCUT2D eigenvalue weighted by molar-refractivity contribution is 5.97. The number of amides is 1. The van der Waals surface area contributed by atoms with Crippen LogP contribution >= 0.6 is 0 Å². The molecule has 0 bridgehead atoms. The van der Waals surface area contributed by atoms with Crippen LogP contribution in [0.1, 0.15) is 16.8 Å². The van der Waals surface area contributed by atoms with Gasteiger partial charge >= 0.3 is 0 Å². The van der Waals surface area contributed by atoms with Crippen molar-refractivity contribution < 1.29 is 24.5 Å². The molecule has 2 rings (SSSR count). The Morgan fingerprint density at radius 2 is 2.32 bits per heavy atom. The first-order valence-electron chi connectivity index (χ1n) is 5.99. The van der Waals surface area contributed by atoms with Gasteiger partial charge in [-0.3, -0.25) is 4.79 Å². The molecule has 1 fully saturated rings. The summed E-state index contributed by atoms with van der Waals surface area (Å²) in [6.07, 6.45) is 0.714. The molecule has 0 saturated carbocycles. The van der Waals surface area contributed by atoms with Gasteiger partial charge in [-0.25, -0.2) is 0 Å². The van der Waals surface area contributed by atoms with Gasteiger partial charge in [0.1, 0.15) is 17.1 Å². The molecule has 6 heteroatoms. The summed E-state index contributed by atoms with van der Waals surface area (Å²) < 4.78 is 10.7. The van der Waals surface area contributed by atoms with E-state index in [1.54, 1.807) is 7.11 Å². The number of hydrogen-bond acceptors (Lipinski definition) is 5. The van der Waals surface area contributed by atoms with Crippen molar-refractivity contribution in [1.29, 1.82) is 0 Å². The van der Waals surface area contributed by atoms with Crippen molar-refractivity contribution >= 4 is 5.91 Å². The quantitative estimate of drug-likeness (QED) is 0.745. The van der Waals surface area contributed by atoms with Gasteiger partial charge < -0.3 is 25.0 Å². The smallest absolute Gasteiger partial charge is 0.255 e. The Labute approximate surface area is 111 Å². The van der Waals surface area contributed by atoms with E-state index in [1.807, 2.05) is 0 Å².